The summed E-state index contributed by atoms with van der Waals surface area (Å²) in [4.78, 5) is 2.24. The number of benzene rings is 1. The van der Waals surface area contributed by atoms with Crippen molar-refractivity contribution in [1.82, 2.24) is 0 Å². The molecule has 0 aliphatic rings. The molecule has 1 heterocycles. The van der Waals surface area contributed by atoms with Gasteiger partial charge in [-0.3, -0.25) is 0 Å². The number of aliphatic hydroxyl groups excluding tert-OH is 1. The Balaban J connectivity index is 1.89. The van der Waals surface area contributed by atoms with Crippen molar-refractivity contribution in [3.63, 3.8) is 0 Å². The minimum Gasteiger partial charge on any atom is -0.387 e. The molecule has 0 fully saturated rings. The van der Waals surface area contributed by atoms with Gasteiger partial charge in [0.15, 0.2) is 0 Å². The third-order valence-corrected chi connectivity index (χ3v) is 4.08. The molecule has 1 aromatic carbocycles. The van der Waals surface area contributed by atoms with Crippen molar-refractivity contribution >= 4 is 23.1 Å². The second kappa shape index (κ2) is 5.35. The van der Waals surface area contributed by atoms with E-state index in [-0.39, 0.29) is 6.10 Å². The van der Waals surface area contributed by atoms with E-state index in [1.54, 1.807) is 23.1 Å². The maximum absolute atomic E-state index is 9.86. The zero-order chi connectivity index (χ0) is 10.5. The summed E-state index contributed by atoms with van der Waals surface area (Å²) < 4.78 is 0. The summed E-state index contributed by atoms with van der Waals surface area (Å²) in [5.41, 5.74) is 0. The molecule has 2 aromatic rings. The van der Waals surface area contributed by atoms with Crippen molar-refractivity contribution in [2.45, 2.75) is 11.0 Å². The van der Waals surface area contributed by atoms with E-state index in [1.165, 1.54) is 4.90 Å². The number of hydrogen-bond donors (Lipinski definition) is 1. The Morgan fingerprint density at radius 2 is 1.93 bits per heavy atom. The fourth-order valence-corrected chi connectivity index (χ4v) is 2.95. The summed E-state index contributed by atoms with van der Waals surface area (Å²) in [6.45, 7) is 0. The Hall–Kier alpha value is -0.770. The summed E-state index contributed by atoms with van der Waals surface area (Å²) >= 11 is 3.29. The Morgan fingerprint density at radius 1 is 1.13 bits per heavy atom. The van der Waals surface area contributed by atoms with E-state index >= 15 is 0 Å². The highest BCUT2D eigenvalue weighted by molar-refractivity contribution is 7.99. The predicted molar refractivity (Wildman–Crippen MR) is 66.4 cm³/mol. The summed E-state index contributed by atoms with van der Waals surface area (Å²) in [6, 6.07) is 14.1. The lowest BCUT2D eigenvalue weighted by Crippen LogP contribution is -1.97. The molecule has 0 bridgehead atoms. The fraction of sp³-hybridized carbons (Fsp3) is 0.167. The molecule has 0 saturated heterocycles. The molecule has 0 aliphatic heterocycles. The summed E-state index contributed by atoms with van der Waals surface area (Å²) in [7, 11) is 0. The average molecular weight is 236 g/mol. The quantitative estimate of drug-likeness (QED) is 0.819. The first-order valence-corrected chi connectivity index (χ1v) is 6.62. The van der Waals surface area contributed by atoms with Crippen LogP contribution in [-0.2, 0) is 0 Å². The van der Waals surface area contributed by atoms with Crippen LogP contribution in [0.25, 0.3) is 0 Å². The molecule has 0 saturated carbocycles. The predicted octanol–water partition coefficient (Wildman–Crippen LogP) is 3.57. The molecule has 2 rings (SSSR count). The third-order valence-electron chi connectivity index (χ3n) is 2.02. The summed E-state index contributed by atoms with van der Waals surface area (Å²) in [5, 5.41) is 11.9. The molecular weight excluding hydrogens is 224 g/mol. The molecule has 0 amide bonds. The Kier molecular flexibility index (Phi) is 3.83. The zero-order valence-corrected chi connectivity index (χ0v) is 9.80. The highest BCUT2D eigenvalue weighted by Crippen LogP contribution is 2.26. The highest BCUT2D eigenvalue weighted by atomic mass is 32.2. The van der Waals surface area contributed by atoms with Gasteiger partial charge in [-0.1, -0.05) is 24.3 Å². The lowest BCUT2D eigenvalue weighted by molar-refractivity contribution is 0.208. The van der Waals surface area contributed by atoms with Gasteiger partial charge in [-0.2, -0.15) is 0 Å². The van der Waals surface area contributed by atoms with Gasteiger partial charge in [-0.15, -0.1) is 23.1 Å². The number of thiophene rings is 1. The lowest BCUT2D eigenvalue weighted by Gasteiger charge is -2.07. The molecule has 0 radical (unpaired) electrons. The maximum Gasteiger partial charge on any atom is 0.0975 e. The fourth-order valence-electron chi connectivity index (χ4n) is 1.25. The van der Waals surface area contributed by atoms with Gasteiger partial charge >= 0.3 is 0 Å². The Morgan fingerprint density at radius 3 is 2.60 bits per heavy atom. The van der Waals surface area contributed by atoms with Crippen LogP contribution in [0.15, 0.2) is 52.7 Å². The van der Waals surface area contributed by atoms with Crippen LogP contribution in [0.4, 0.5) is 0 Å². The molecule has 1 N–H and O–H groups in total. The van der Waals surface area contributed by atoms with Crippen molar-refractivity contribution in [1.29, 1.82) is 0 Å². The van der Waals surface area contributed by atoms with Crippen LogP contribution in [0.2, 0.25) is 0 Å². The van der Waals surface area contributed by atoms with E-state index in [0.29, 0.717) is 5.75 Å². The monoisotopic (exact) mass is 236 g/mol. The van der Waals surface area contributed by atoms with Crippen molar-refractivity contribution < 1.29 is 5.11 Å². The lowest BCUT2D eigenvalue weighted by atomic mass is 10.3. The molecule has 1 unspecified atom stereocenters. The van der Waals surface area contributed by atoms with E-state index in [2.05, 4.69) is 12.1 Å². The smallest absolute Gasteiger partial charge is 0.0975 e. The zero-order valence-electron chi connectivity index (χ0n) is 8.17. The first-order chi connectivity index (χ1) is 7.36. The van der Waals surface area contributed by atoms with Gasteiger partial charge in [0.2, 0.25) is 0 Å². The van der Waals surface area contributed by atoms with Gasteiger partial charge in [-0.25, -0.2) is 0 Å². The second-order valence-corrected chi connectivity index (χ2v) is 5.23. The number of rotatable bonds is 4. The van der Waals surface area contributed by atoms with Crippen LogP contribution in [0.3, 0.4) is 0 Å². The van der Waals surface area contributed by atoms with Gasteiger partial charge < -0.3 is 5.11 Å². The molecule has 0 aliphatic carbocycles. The van der Waals surface area contributed by atoms with Crippen molar-refractivity contribution in [3.8, 4) is 0 Å². The molecule has 0 spiro atoms. The average Bonchev–Trinajstić information content (AvgIpc) is 2.81. The molecule has 3 heteroatoms. The van der Waals surface area contributed by atoms with E-state index in [1.807, 2.05) is 35.7 Å². The normalized spacial score (nSPS) is 12.6. The topological polar surface area (TPSA) is 20.2 Å². The van der Waals surface area contributed by atoms with Crippen molar-refractivity contribution in [2.75, 3.05) is 5.75 Å². The third kappa shape index (κ3) is 3.09. The van der Waals surface area contributed by atoms with Gasteiger partial charge in [-0.05, 0) is 23.6 Å². The number of thioether (sulfide) groups is 1. The van der Waals surface area contributed by atoms with E-state index in [0.717, 1.165) is 4.88 Å². The molecule has 1 nitrogen and oxygen atoms in total. The molecule has 78 valence electrons. The Labute approximate surface area is 97.8 Å². The standard InChI is InChI=1S/C12H12OS2/c13-11(12-7-4-8-14-12)9-15-10-5-2-1-3-6-10/h1-8,11,13H,9H2. The minimum absolute atomic E-state index is 0.352. The van der Waals surface area contributed by atoms with Gasteiger partial charge in [0.05, 0.1) is 6.10 Å². The van der Waals surface area contributed by atoms with Crippen LogP contribution in [0.1, 0.15) is 11.0 Å². The number of hydrogen-bond acceptors (Lipinski definition) is 3. The highest BCUT2D eigenvalue weighted by Gasteiger charge is 2.08. The van der Waals surface area contributed by atoms with E-state index in [4.69, 9.17) is 0 Å². The SMILES string of the molecule is OC(CSc1ccccc1)c1cccs1. The molecule has 1 aromatic heterocycles. The second-order valence-electron chi connectivity index (χ2n) is 3.16. The van der Waals surface area contributed by atoms with Crippen molar-refractivity contribution in [3.05, 3.63) is 52.7 Å². The van der Waals surface area contributed by atoms with E-state index < -0.39 is 0 Å². The summed E-state index contributed by atoms with van der Waals surface area (Å²) in [6.07, 6.45) is -0.352. The van der Waals surface area contributed by atoms with Crippen LogP contribution in [0, 0.1) is 0 Å². The maximum atomic E-state index is 9.86. The van der Waals surface area contributed by atoms with Gasteiger partial charge in [0.1, 0.15) is 0 Å². The molecule has 15 heavy (non-hydrogen) atoms. The van der Waals surface area contributed by atoms with Gasteiger partial charge in [0.25, 0.3) is 0 Å². The van der Waals surface area contributed by atoms with Crippen molar-refractivity contribution in [2.24, 2.45) is 0 Å². The van der Waals surface area contributed by atoms with E-state index in [9.17, 15) is 5.11 Å². The van der Waals surface area contributed by atoms with Gasteiger partial charge in [0, 0.05) is 15.5 Å². The largest absolute Gasteiger partial charge is 0.387 e. The first kappa shape index (κ1) is 10.7. The molecule has 1 atom stereocenters. The number of aliphatic hydroxyl groups is 1. The minimum atomic E-state index is -0.352. The molecular formula is C12H12OS2. The van der Waals surface area contributed by atoms with Crippen LogP contribution >= 0.6 is 23.1 Å². The van der Waals surface area contributed by atoms with Crippen LogP contribution in [-0.4, -0.2) is 10.9 Å². The summed E-state index contributed by atoms with van der Waals surface area (Å²) in [5.74, 6) is 0.713. The Bertz CT molecular complexity index is 383. The van der Waals surface area contributed by atoms with Crippen LogP contribution in [0.5, 0.6) is 0 Å². The first-order valence-electron chi connectivity index (χ1n) is 4.75. The van der Waals surface area contributed by atoms with Crippen LogP contribution < -0.4 is 0 Å².